The Morgan fingerprint density at radius 1 is 1.53 bits per heavy atom. The lowest BCUT2D eigenvalue weighted by Crippen LogP contribution is -2.28. The second-order valence-electron chi connectivity index (χ2n) is 4.49. The van der Waals surface area contributed by atoms with Gasteiger partial charge in [0.1, 0.15) is 0 Å². The predicted molar refractivity (Wildman–Crippen MR) is 66.9 cm³/mol. The molecule has 2 rings (SSSR count). The molecule has 3 nitrogen and oxygen atoms in total. The van der Waals surface area contributed by atoms with Gasteiger partial charge in [0.25, 0.3) is 0 Å². The Labute approximate surface area is 102 Å². The van der Waals surface area contributed by atoms with E-state index in [-0.39, 0.29) is 5.97 Å². The molecular weight excluding hydrogens is 214 g/mol. The molecule has 0 amide bonds. The number of esters is 1. The first kappa shape index (κ1) is 12.1. The SMILES string of the molecule is COC(=O)CCc1cccc2c1CCN[C@H]2C. The highest BCUT2D eigenvalue weighted by atomic mass is 16.5. The molecule has 17 heavy (non-hydrogen) atoms. The first-order valence-electron chi connectivity index (χ1n) is 6.13. The molecule has 0 saturated carbocycles. The van der Waals surface area contributed by atoms with E-state index in [2.05, 4.69) is 35.2 Å². The van der Waals surface area contributed by atoms with Crippen LogP contribution in [0.5, 0.6) is 0 Å². The van der Waals surface area contributed by atoms with Crippen molar-refractivity contribution in [3.05, 3.63) is 34.9 Å². The lowest BCUT2D eigenvalue weighted by molar-refractivity contribution is -0.140. The maximum absolute atomic E-state index is 11.2. The summed E-state index contributed by atoms with van der Waals surface area (Å²) in [4.78, 5) is 11.2. The zero-order chi connectivity index (χ0) is 12.3. The summed E-state index contributed by atoms with van der Waals surface area (Å²) >= 11 is 0. The second-order valence-corrected chi connectivity index (χ2v) is 4.49. The van der Waals surface area contributed by atoms with E-state index in [0.717, 1.165) is 19.4 Å². The zero-order valence-electron chi connectivity index (χ0n) is 10.5. The van der Waals surface area contributed by atoms with E-state index in [1.807, 2.05) is 0 Å². The molecule has 0 saturated heterocycles. The minimum absolute atomic E-state index is 0.135. The number of carbonyl (C=O) groups is 1. The van der Waals surface area contributed by atoms with Crippen LogP contribution in [0.15, 0.2) is 18.2 Å². The lowest BCUT2D eigenvalue weighted by Gasteiger charge is -2.26. The van der Waals surface area contributed by atoms with Crippen LogP contribution in [0.3, 0.4) is 0 Å². The van der Waals surface area contributed by atoms with Gasteiger partial charge in [0, 0.05) is 12.5 Å². The summed E-state index contributed by atoms with van der Waals surface area (Å²) in [6, 6.07) is 6.79. The van der Waals surface area contributed by atoms with Crippen molar-refractivity contribution < 1.29 is 9.53 Å². The number of ether oxygens (including phenoxy) is 1. The largest absolute Gasteiger partial charge is 0.469 e. The molecule has 0 bridgehead atoms. The normalized spacial score (nSPS) is 18.6. The predicted octanol–water partition coefficient (Wildman–Crippen LogP) is 2.00. The fourth-order valence-electron chi connectivity index (χ4n) is 2.46. The molecule has 1 N–H and O–H groups in total. The molecule has 0 aliphatic carbocycles. The van der Waals surface area contributed by atoms with Crippen LogP contribution >= 0.6 is 0 Å². The molecule has 0 spiro atoms. The summed E-state index contributed by atoms with van der Waals surface area (Å²) in [5.74, 6) is -0.135. The van der Waals surface area contributed by atoms with Gasteiger partial charge >= 0.3 is 5.97 Å². The van der Waals surface area contributed by atoms with Crippen LogP contribution in [0, 0.1) is 0 Å². The van der Waals surface area contributed by atoms with Gasteiger partial charge in [-0.2, -0.15) is 0 Å². The molecule has 1 aromatic carbocycles. The molecule has 0 radical (unpaired) electrons. The van der Waals surface area contributed by atoms with E-state index in [1.165, 1.54) is 23.8 Å². The van der Waals surface area contributed by atoms with E-state index in [4.69, 9.17) is 0 Å². The molecule has 1 aromatic rings. The Balaban J connectivity index is 2.17. The summed E-state index contributed by atoms with van der Waals surface area (Å²) in [5.41, 5.74) is 4.09. The van der Waals surface area contributed by atoms with E-state index in [9.17, 15) is 4.79 Å². The number of hydrogen-bond acceptors (Lipinski definition) is 3. The Morgan fingerprint density at radius 2 is 2.35 bits per heavy atom. The molecule has 0 fully saturated rings. The number of carbonyl (C=O) groups excluding carboxylic acids is 1. The number of benzene rings is 1. The maximum atomic E-state index is 11.2. The number of rotatable bonds is 3. The van der Waals surface area contributed by atoms with Gasteiger partial charge in [-0.15, -0.1) is 0 Å². The van der Waals surface area contributed by atoms with Crippen LogP contribution in [-0.2, 0) is 22.4 Å². The number of nitrogens with one attached hydrogen (secondary N) is 1. The summed E-state index contributed by atoms with van der Waals surface area (Å²) in [6.07, 6.45) is 2.30. The van der Waals surface area contributed by atoms with Gasteiger partial charge in [0.2, 0.25) is 0 Å². The minimum Gasteiger partial charge on any atom is -0.469 e. The quantitative estimate of drug-likeness (QED) is 0.811. The van der Waals surface area contributed by atoms with E-state index >= 15 is 0 Å². The minimum atomic E-state index is -0.135. The van der Waals surface area contributed by atoms with Crippen LogP contribution in [0.25, 0.3) is 0 Å². The van der Waals surface area contributed by atoms with E-state index < -0.39 is 0 Å². The first-order valence-corrected chi connectivity index (χ1v) is 6.13. The Kier molecular flexibility index (Phi) is 3.79. The van der Waals surface area contributed by atoms with Crippen LogP contribution in [-0.4, -0.2) is 19.6 Å². The molecule has 1 aliphatic heterocycles. The zero-order valence-corrected chi connectivity index (χ0v) is 10.5. The highest BCUT2D eigenvalue weighted by Crippen LogP contribution is 2.26. The fourth-order valence-corrected chi connectivity index (χ4v) is 2.46. The van der Waals surface area contributed by atoms with Crippen LogP contribution in [0.4, 0.5) is 0 Å². The topological polar surface area (TPSA) is 38.3 Å². The highest BCUT2D eigenvalue weighted by molar-refractivity contribution is 5.69. The Bertz CT molecular complexity index is 415. The molecule has 1 aliphatic rings. The molecule has 92 valence electrons. The third kappa shape index (κ3) is 2.67. The third-order valence-corrected chi connectivity index (χ3v) is 3.43. The molecule has 1 heterocycles. The Hall–Kier alpha value is -1.35. The number of fused-ring (bicyclic) bond motifs is 1. The standard InChI is InChI=1S/C14H19NO2/c1-10-12-5-3-4-11(6-7-14(16)17-2)13(12)8-9-15-10/h3-5,10,15H,6-9H2,1-2H3/t10-/m0/s1. The average Bonchev–Trinajstić information content (AvgIpc) is 2.36. The average molecular weight is 233 g/mol. The number of hydrogen-bond donors (Lipinski definition) is 1. The van der Waals surface area contributed by atoms with Crippen LogP contribution in [0.2, 0.25) is 0 Å². The number of methoxy groups -OCH3 is 1. The van der Waals surface area contributed by atoms with Crippen molar-refractivity contribution >= 4 is 5.97 Å². The van der Waals surface area contributed by atoms with Crippen molar-refractivity contribution in [3.63, 3.8) is 0 Å². The summed E-state index contributed by atoms with van der Waals surface area (Å²) in [5, 5.41) is 3.45. The van der Waals surface area contributed by atoms with Gasteiger partial charge in [-0.25, -0.2) is 0 Å². The van der Waals surface area contributed by atoms with Gasteiger partial charge in [0.05, 0.1) is 7.11 Å². The van der Waals surface area contributed by atoms with Crippen molar-refractivity contribution in [3.8, 4) is 0 Å². The summed E-state index contributed by atoms with van der Waals surface area (Å²) in [7, 11) is 1.44. The van der Waals surface area contributed by atoms with Crippen molar-refractivity contribution in [2.75, 3.05) is 13.7 Å². The van der Waals surface area contributed by atoms with Crippen molar-refractivity contribution in [1.29, 1.82) is 0 Å². The van der Waals surface area contributed by atoms with E-state index in [1.54, 1.807) is 0 Å². The summed E-state index contributed by atoms with van der Waals surface area (Å²) < 4.78 is 4.69. The molecule has 3 heteroatoms. The monoisotopic (exact) mass is 233 g/mol. The maximum Gasteiger partial charge on any atom is 0.305 e. The van der Waals surface area contributed by atoms with Gasteiger partial charge in [-0.3, -0.25) is 4.79 Å². The Morgan fingerprint density at radius 3 is 3.12 bits per heavy atom. The molecule has 1 atom stereocenters. The lowest BCUT2D eigenvalue weighted by atomic mass is 9.89. The molecule has 0 aromatic heterocycles. The van der Waals surface area contributed by atoms with E-state index in [0.29, 0.717) is 12.5 Å². The van der Waals surface area contributed by atoms with Crippen LogP contribution < -0.4 is 5.32 Å². The van der Waals surface area contributed by atoms with Gasteiger partial charge < -0.3 is 10.1 Å². The second kappa shape index (κ2) is 5.32. The molecular formula is C14H19NO2. The van der Waals surface area contributed by atoms with Crippen molar-refractivity contribution in [2.24, 2.45) is 0 Å². The fraction of sp³-hybridized carbons (Fsp3) is 0.500. The van der Waals surface area contributed by atoms with Crippen molar-refractivity contribution in [2.45, 2.75) is 32.2 Å². The van der Waals surface area contributed by atoms with Crippen molar-refractivity contribution in [1.82, 2.24) is 5.32 Å². The third-order valence-electron chi connectivity index (χ3n) is 3.43. The molecule has 0 unspecified atom stereocenters. The number of aryl methyl sites for hydroxylation is 1. The van der Waals surface area contributed by atoms with Gasteiger partial charge in [0.15, 0.2) is 0 Å². The first-order chi connectivity index (χ1) is 8.22. The van der Waals surface area contributed by atoms with Gasteiger partial charge in [-0.1, -0.05) is 18.2 Å². The van der Waals surface area contributed by atoms with Gasteiger partial charge in [-0.05, 0) is 43.0 Å². The van der Waals surface area contributed by atoms with Crippen LogP contribution in [0.1, 0.15) is 36.1 Å². The highest BCUT2D eigenvalue weighted by Gasteiger charge is 2.18. The summed E-state index contributed by atoms with van der Waals surface area (Å²) in [6.45, 7) is 3.20. The smallest absolute Gasteiger partial charge is 0.305 e.